The standard InChI is InChI=1S/C34H27F2NO4/c1-18-5-8-22(9-6-18)32(38)23-10-12-30(20(3)14-23)41-24-15-21(4)31-28(16-24)27(17-29(37-31)33(35)36)26-13-19(2)7-11-25(26)34(39)40/h5-17,33H,1-4H3,(H,39,40). The van der Waals surface area contributed by atoms with E-state index < -0.39 is 18.1 Å². The fourth-order valence-corrected chi connectivity index (χ4v) is 4.85. The van der Waals surface area contributed by atoms with Crippen LogP contribution in [0.15, 0.2) is 78.9 Å². The number of hydrogen-bond donors (Lipinski definition) is 1. The molecule has 0 saturated carbocycles. The lowest BCUT2D eigenvalue weighted by Gasteiger charge is -2.16. The van der Waals surface area contributed by atoms with Crippen LogP contribution in [0.1, 0.15) is 60.7 Å². The van der Waals surface area contributed by atoms with Crippen LogP contribution in [0.4, 0.5) is 8.78 Å². The topological polar surface area (TPSA) is 76.5 Å². The Kier molecular flexibility index (Phi) is 7.37. The zero-order valence-corrected chi connectivity index (χ0v) is 23.0. The maximum absolute atomic E-state index is 13.9. The predicted octanol–water partition coefficient (Wildman–Crippen LogP) is 8.79. The molecule has 5 nitrogen and oxygen atoms in total. The Morgan fingerprint density at radius 2 is 1.44 bits per heavy atom. The molecule has 0 aliphatic rings. The Bertz CT molecular complexity index is 1830. The Labute approximate surface area is 236 Å². The molecule has 0 saturated heterocycles. The molecule has 0 radical (unpaired) electrons. The van der Waals surface area contributed by atoms with Gasteiger partial charge < -0.3 is 9.84 Å². The van der Waals surface area contributed by atoms with Crippen molar-refractivity contribution in [3.8, 4) is 22.6 Å². The van der Waals surface area contributed by atoms with Crippen molar-refractivity contribution in [3.05, 3.63) is 124 Å². The fourth-order valence-electron chi connectivity index (χ4n) is 4.85. The molecule has 0 aliphatic heterocycles. The number of ketones is 1. The Hall–Kier alpha value is -4.91. The molecule has 0 aliphatic carbocycles. The molecule has 1 aromatic heterocycles. The molecule has 0 unspecified atom stereocenters. The Morgan fingerprint density at radius 3 is 2.10 bits per heavy atom. The molecule has 0 amide bonds. The summed E-state index contributed by atoms with van der Waals surface area (Å²) in [5, 5.41) is 10.3. The van der Waals surface area contributed by atoms with Gasteiger partial charge in [-0.3, -0.25) is 4.79 Å². The number of aromatic carboxylic acids is 1. The van der Waals surface area contributed by atoms with Crippen LogP contribution in [0.5, 0.6) is 11.5 Å². The second kappa shape index (κ2) is 10.9. The van der Waals surface area contributed by atoms with Gasteiger partial charge in [0.15, 0.2) is 5.78 Å². The minimum atomic E-state index is -2.84. The van der Waals surface area contributed by atoms with E-state index in [0.717, 1.165) is 16.7 Å². The van der Waals surface area contributed by atoms with Gasteiger partial charge in [-0.2, -0.15) is 0 Å². The maximum Gasteiger partial charge on any atom is 0.336 e. The molecule has 0 spiro atoms. The number of aryl methyl sites for hydroxylation is 4. The minimum absolute atomic E-state index is 0.00281. The van der Waals surface area contributed by atoms with Crippen LogP contribution in [0.2, 0.25) is 0 Å². The van der Waals surface area contributed by atoms with E-state index in [1.807, 2.05) is 32.9 Å². The number of hydrogen-bond acceptors (Lipinski definition) is 4. The van der Waals surface area contributed by atoms with E-state index in [2.05, 4.69) is 4.98 Å². The number of aromatic nitrogens is 1. The van der Waals surface area contributed by atoms with E-state index in [1.54, 1.807) is 61.5 Å². The normalized spacial score (nSPS) is 11.2. The zero-order valence-electron chi connectivity index (χ0n) is 23.0. The average molecular weight is 552 g/mol. The van der Waals surface area contributed by atoms with Gasteiger partial charge in [-0.1, -0.05) is 47.5 Å². The summed E-state index contributed by atoms with van der Waals surface area (Å²) in [6.45, 7) is 7.35. The van der Waals surface area contributed by atoms with Gasteiger partial charge in [-0.05, 0) is 92.4 Å². The fraction of sp³-hybridized carbons (Fsp3) is 0.147. The number of alkyl halides is 2. The second-order valence-electron chi connectivity index (χ2n) is 10.2. The van der Waals surface area contributed by atoms with E-state index in [9.17, 15) is 23.5 Å². The third-order valence-electron chi connectivity index (χ3n) is 7.00. The monoisotopic (exact) mass is 551 g/mol. The summed E-state index contributed by atoms with van der Waals surface area (Å²) in [6, 6.07) is 22.0. The van der Waals surface area contributed by atoms with E-state index in [-0.39, 0.29) is 11.3 Å². The molecular weight excluding hydrogens is 524 g/mol. The maximum atomic E-state index is 13.9. The van der Waals surface area contributed by atoms with Gasteiger partial charge in [0.25, 0.3) is 6.43 Å². The lowest BCUT2D eigenvalue weighted by molar-refractivity contribution is 0.0697. The summed E-state index contributed by atoms with van der Waals surface area (Å²) < 4.78 is 33.9. The van der Waals surface area contributed by atoms with Gasteiger partial charge in [0.1, 0.15) is 17.2 Å². The average Bonchev–Trinajstić information content (AvgIpc) is 2.93. The van der Waals surface area contributed by atoms with Crippen LogP contribution in [-0.2, 0) is 0 Å². The molecule has 4 aromatic carbocycles. The van der Waals surface area contributed by atoms with Gasteiger partial charge >= 0.3 is 5.97 Å². The van der Waals surface area contributed by atoms with Crippen LogP contribution in [0.25, 0.3) is 22.0 Å². The van der Waals surface area contributed by atoms with Crippen LogP contribution < -0.4 is 4.74 Å². The quantitative estimate of drug-likeness (QED) is 0.205. The molecule has 1 heterocycles. The summed E-state index contributed by atoms with van der Waals surface area (Å²) in [4.78, 5) is 29.2. The van der Waals surface area contributed by atoms with Crippen LogP contribution in [0, 0.1) is 27.7 Å². The molecule has 206 valence electrons. The number of halogens is 2. The molecular formula is C34H27F2NO4. The summed E-state index contributed by atoms with van der Waals surface area (Å²) >= 11 is 0. The number of carbonyl (C=O) groups is 2. The van der Waals surface area contributed by atoms with Gasteiger partial charge in [-0.25, -0.2) is 18.6 Å². The molecule has 5 rings (SSSR count). The SMILES string of the molecule is Cc1ccc(C(=O)c2ccc(Oc3cc(C)c4nc(C(F)F)cc(-c5cc(C)ccc5C(=O)O)c4c3)c(C)c2)cc1. The van der Waals surface area contributed by atoms with Gasteiger partial charge in [0.05, 0.1) is 11.1 Å². The van der Waals surface area contributed by atoms with Crippen molar-refractivity contribution < 1.29 is 28.2 Å². The van der Waals surface area contributed by atoms with Crippen molar-refractivity contribution in [3.63, 3.8) is 0 Å². The van der Waals surface area contributed by atoms with Crippen molar-refractivity contribution in [2.75, 3.05) is 0 Å². The number of pyridine rings is 1. The predicted molar refractivity (Wildman–Crippen MR) is 154 cm³/mol. The number of rotatable bonds is 7. The Balaban J connectivity index is 1.59. The van der Waals surface area contributed by atoms with Crippen LogP contribution in [-0.4, -0.2) is 21.8 Å². The number of fused-ring (bicyclic) bond motifs is 1. The molecule has 0 fully saturated rings. The van der Waals surface area contributed by atoms with E-state index in [1.165, 1.54) is 12.1 Å². The summed E-state index contributed by atoms with van der Waals surface area (Å²) in [6.07, 6.45) is -2.84. The highest BCUT2D eigenvalue weighted by Crippen LogP contribution is 2.38. The molecule has 5 aromatic rings. The Morgan fingerprint density at radius 1 is 0.756 bits per heavy atom. The van der Waals surface area contributed by atoms with Crippen molar-refractivity contribution >= 4 is 22.7 Å². The lowest BCUT2D eigenvalue weighted by Crippen LogP contribution is -2.03. The zero-order chi connectivity index (χ0) is 29.4. The van der Waals surface area contributed by atoms with Crippen molar-refractivity contribution in [2.45, 2.75) is 34.1 Å². The van der Waals surface area contributed by atoms with E-state index >= 15 is 0 Å². The van der Waals surface area contributed by atoms with E-state index in [4.69, 9.17) is 4.74 Å². The first-order valence-electron chi connectivity index (χ1n) is 13.0. The van der Waals surface area contributed by atoms with Gasteiger partial charge in [0, 0.05) is 16.5 Å². The minimum Gasteiger partial charge on any atom is -0.478 e. The molecule has 0 atom stereocenters. The molecule has 0 bridgehead atoms. The lowest BCUT2D eigenvalue weighted by atomic mass is 9.93. The number of carboxylic acids is 1. The summed E-state index contributed by atoms with van der Waals surface area (Å²) in [7, 11) is 0. The van der Waals surface area contributed by atoms with Crippen LogP contribution >= 0.6 is 0 Å². The van der Waals surface area contributed by atoms with Crippen LogP contribution in [0.3, 0.4) is 0 Å². The first kappa shape index (κ1) is 27.6. The van der Waals surface area contributed by atoms with Crippen molar-refractivity contribution in [2.24, 2.45) is 0 Å². The summed E-state index contributed by atoms with van der Waals surface area (Å²) in [5.41, 5.74) is 4.84. The molecule has 1 N–H and O–H groups in total. The third kappa shape index (κ3) is 5.57. The molecule has 41 heavy (non-hydrogen) atoms. The highest BCUT2D eigenvalue weighted by Gasteiger charge is 2.21. The number of nitrogens with zero attached hydrogens (tertiary/aromatic N) is 1. The summed E-state index contributed by atoms with van der Waals surface area (Å²) in [5.74, 6) is -0.319. The van der Waals surface area contributed by atoms with Crippen molar-refractivity contribution in [1.82, 2.24) is 4.98 Å². The number of ether oxygens (including phenoxy) is 1. The first-order chi connectivity index (χ1) is 19.5. The second-order valence-corrected chi connectivity index (χ2v) is 10.2. The number of carbonyl (C=O) groups excluding carboxylic acids is 1. The molecule has 7 heteroatoms. The third-order valence-corrected chi connectivity index (χ3v) is 7.00. The van der Waals surface area contributed by atoms with Gasteiger partial charge in [0.2, 0.25) is 0 Å². The number of carboxylic acid groups (broad SMARTS) is 1. The highest BCUT2D eigenvalue weighted by atomic mass is 19.3. The largest absolute Gasteiger partial charge is 0.478 e. The van der Waals surface area contributed by atoms with Crippen molar-refractivity contribution in [1.29, 1.82) is 0 Å². The van der Waals surface area contributed by atoms with Gasteiger partial charge in [-0.15, -0.1) is 0 Å². The smallest absolute Gasteiger partial charge is 0.336 e. The number of benzene rings is 4. The first-order valence-corrected chi connectivity index (χ1v) is 13.0. The van der Waals surface area contributed by atoms with E-state index in [0.29, 0.717) is 50.2 Å². The highest BCUT2D eigenvalue weighted by molar-refractivity contribution is 6.09.